The van der Waals surface area contributed by atoms with Crippen molar-refractivity contribution >= 4 is 23.2 Å². The van der Waals surface area contributed by atoms with Crippen LogP contribution in [0.25, 0.3) is 17.2 Å². The Balaban J connectivity index is 1.47. The summed E-state index contributed by atoms with van der Waals surface area (Å²) < 4.78 is 15.7. The summed E-state index contributed by atoms with van der Waals surface area (Å²) in [7, 11) is 2.10. The van der Waals surface area contributed by atoms with Crippen LogP contribution in [0.3, 0.4) is 0 Å². The first-order chi connectivity index (χ1) is 17.0. The summed E-state index contributed by atoms with van der Waals surface area (Å²) in [4.78, 5) is 32.5. The van der Waals surface area contributed by atoms with E-state index in [2.05, 4.69) is 27.1 Å². The van der Waals surface area contributed by atoms with Crippen LogP contribution in [0.15, 0.2) is 30.6 Å². The predicted molar refractivity (Wildman–Crippen MR) is 129 cm³/mol. The fraction of sp³-hybridized carbons (Fsp3) is 0.458. The number of piperazine rings is 1. The number of nitriles is 1. The lowest BCUT2D eigenvalue weighted by atomic mass is 10.1. The van der Waals surface area contributed by atoms with Gasteiger partial charge in [-0.25, -0.2) is 19.3 Å². The number of carbonyl (C=O) groups is 1. The van der Waals surface area contributed by atoms with Gasteiger partial charge < -0.3 is 20.0 Å². The summed E-state index contributed by atoms with van der Waals surface area (Å²) in [6.07, 6.45) is 4.68. The number of pyridine rings is 1. The highest BCUT2D eigenvalue weighted by molar-refractivity contribution is 5.78. The monoisotopic (exact) mass is 477 g/mol. The Bertz CT molecular complexity index is 1260. The van der Waals surface area contributed by atoms with Crippen LogP contribution in [0.5, 0.6) is 0 Å². The zero-order valence-electron chi connectivity index (χ0n) is 19.7. The Morgan fingerprint density at radius 2 is 2.06 bits per heavy atom. The average molecular weight is 478 g/mol. The van der Waals surface area contributed by atoms with Crippen LogP contribution in [-0.2, 0) is 4.79 Å². The molecule has 0 bridgehead atoms. The van der Waals surface area contributed by atoms with Gasteiger partial charge in [-0.05, 0) is 32.0 Å². The van der Waals surface area contributed by atoms with Gasteiger partial charge in [-0.2, -0.15) is 5.26 Å². The standard InChI is InChI=1S/C24H28FN9O/c1-31-9-11-32(12-10-31)22-13-20(28-18-3-2-8-33(16-18)23(35)6-7-26)29-24(30-22)19-14-27-21-5-4-17(25)15-34(19)21/h4-5,13-15,18H,2-3,6,8-12,16H2,1H3,(H,28,29,30). The van der Waals surface area contributed by atoms with Gasteiger partial charge in [0.05, 0.1) is 12.3 Å². The van der Waals surface area contributed by atoms with Gasteiger partial charge in [0.25, 0.3) is 0 Å². The van der Waals surface area contributed by atoms with Crippen LogP contribution in [0.2, 0.25) is 0 Å². The van der Waals surface area contributed by atoms with E-state index in [-0.39, 0.29) is 24.2 Å². The van der Waals surface area contributed by atoms with Crippen molar-refractivity contribution in [3.8, 4) is 17.6 Å². The molecule has 2 fully saturated rings. The lowest BCUT2D eigenvalue weighted by Gasteiger charge is -2.34. The number of amides is 1. The highest BCUT2D eigenvalue weighted by Gasteiger charge is 2.25. The van der Waals surface area contributed by atoms with Gasteiger partial charge in [-0.3, -0.25) is 9.20 Å². The van der Waals surface area contributed by atoms with E-state index in [1.807, 2.05) is 12.1 Å². The minimum Gasteiger partial charge on any atom is -0.365 e. The number of hydrogen-bond donors (Lipinski definition) is 1. The van der Waals surface area contributed by atoms with E-state index < -0.39 is 0 Å². The molecule has 2 aliphatic rings. The minimum absolute atomic E-state index is 0.00844. The number of likely N-dealkylation sites (N-methyl/N-ethyl adjacent to an activating group) is 1. The van der Waals surface area contributed by atoms with E-state index >= 15 is 0 Å². The third-order valence-electron chi connectivity index (χ3n) is 6.59. The third kappa shape index (κ3) is 5.02. The zero-order valence-corrected chi connectivity index (χ0v) is 19.7. The number of nitrogens with one attached hydrogen (secondary N) is 1. The van der Waals surface area contributed by atoms with E-state index in [1.54, 1.807) is 21.6 Å². The van der Waals surface area contributed by atoms with E-state index in [9.17, 15) is 9.18 Å². The van der Waals surface area contributed by atoms with Crippen molar-refractivity contribution < 1.29 is 9.18 Å². The topological polar surface area (TPSA) is 106 Å². The van der Waals surface area contributed by atoms with Gasteiger partial charge in [-0.15, -0.1) is 0 Å². The zero-order chi connectivity index (χ0) is 24.4. The largest absolute Gasteiger partial charge is 0.365 e. The van der Waals surface area contributed by atoms with Crippen molar-refractivity contribution in [1.82, 2.24) is 29.2 Å². The van der Waals surface area contributed by atoms with Crippen molar-refractivity contribution in [3.05, 3.63) is 36.4 Å². The lowest BCUT2D eigenvalue weighted by molar-refractivity contribution is -0.131. The second kappa shape index (κ2) is 9.84. The fourth-order valence-corrected chi connectivity index (χ4v) is 4.65. The summed E-state index contributed by atoms with van der Waals surface area (Å²) >= 11 is 0. The maximum Gasteiger partial charge on any atom is 0.236 e. The molecule has 1 unspecified atom stereocenters. The number of rotatable bonds is 5. The SMILES string of the molecule is CN1CCN(c2cc(NC3CCCN(C(=O)CC#N)C3)nc(-c3cnc4ccc(F)cn34)n2)CC1. The molecule has 3 aromatic heterocycles. The molecule has 0 aliphatic carbocycles. The number of carbonyl (C=O) groups excluding carboxylic acids is 1. The van der Waals surface area contributed by atoms with Gasteiger partial charge >= 0.3 is 0 Å². The van der Waals surface area contributed by atoms with Crippen molar-refractivity contribution in [2.75, 3.05) is 56.5 Å². The lowest BCUT2D eigenvalue weighted by Crippen LogP contribution is -2.45. The summed E-state index contributed by atoms with van der Waals surface area (Å²) in [5.74, 6) is 1.39. The number of piperidine rings is 1. The van der Waals surface area contributed by atoms with Crippen LogP contribution in [0.1, 0.15) is 19.3 Å². The summed E-state index contributed by atoms with van der Waals surface area (Å²) in [5, 5.41) is 12.4. The van der Waals surface area contributed by atoms with Crippen molar-refractivity contribution in [2.24, 2.45) is 0 Å². The first-order valence-electron chi connectivity index (χ1n) is 11.9. The number of halogens is 1. The van der Waals surface area contributed by atoms with Crippen LogP contribution >= 0.6 is 0 Å². The van der Waals surface area contributed by atoms with E-state index in [0.29, 0.717) is 36.1 Å². The molecule has 3 aromatic rings. The summed E-state index contributed by atoms with van der Waals surface area (Å²) in [6, 6.07) is 6.89. The Labute approximate surface area is 203 Å². The molecule has 182 valence electrons. The number of imidazole rings is 1. The molecular formula is C24H28FN9O. The Kier molecular flexibility index (Phi) is 6.46. The van der Waals surface area contributed by atoms with Gasteiger partial charge in [0.2, 0.25) is 5.91 Å². The minimum atomic E-state index is -0.366. The molecule has 0 radical (unpaired) electrons. The molecular weight excluding hydrogens is 449 g/mol. The first kappa shape index (κ1) is 23.0. The summed E-state index contributed by atoms with van der Waals surface area (Å²) in [6.45, 7) is 4.73. The van der Waals surface area contributed by atoms with Crippen molar-refractivity contribution in [1.29, 1.82) is 5.26 Å². The second-order valence-electron chi connectivity index (χ2n) is 9.10. The number of fused-ring (bicyclic) bond motifs is 1. The Morgan fingerprint density at radius 1 is 1.23 bits per heavy atom. The molecule has 0 aromatic carbocycles. The molecule has 35 heavy (non-hydrogen) atoms. The number of likely N-dealkylation sites (tertiary alicyclic amines) is 1. The quantitative estimate of drug-likeness (QED) is 0.595. The van der Waals surface area contributed by atoms with Gasteiger partial charge in [0.1, 0.15) is 35.2 Å². The van der Waals surface area contributed by atoms with E-state index in [4.69, 9.17) is 15.2 Å². The molecule has 2 aliphatic heterocycles. The van der Waals surface area contributed by atoms with E-state index in [1.165, 1.54) is 12.3 Å². The number of anilines is 2. The van der Waals surface area contributed by atoms with Crippen LogP contribution in [0.4, 0.5) is 16.0 Å². The van der Waals surface area contributed by atoms with E-state index in [0.717, 1.165) is 44.8 Å². The molecule has 1 atom stereocenters. The van der Waals surface area contributed by atoms with Crippen molar-refractivity contribution in [2.45, 2.75) is 25.3 Å². The third-order valence-corrected chi connectivity index (χ3v) is 6.59. The highest BCUT2D eigenvalue weighted by atomic mass is 19.1. The normalized spacial score (nSPS) is 19.1. The number of aromatic nitrogens is 4. The number of hydrogen-bond acceptors (Lipinski definition) is 8. The smallest absolute Gasteiger partial charge is 0.236 e. The Morgan fingerprint density at radius 3 is 2.86 bits per heavy atom. The van der Waals surface area contributed by atoms with Gasteiger partial charge in [-0.1, -0.05) is 0 Å². The first-order valence-corrected chi connectivity index (χ1v) is 11.9. The number of nitrogens with zero attached hydrogens (tertiary/aromatic N) is 8. The van der Waals surface area contributed by atoms with Crippen LogP contribution in [-0.4, -0.2) is 87.4 Å². The average Bonchev–Trinajstić information content (AvgIpc) is 3.28. The van der Waals surface area contributed by atoms with Gasteiger partial charge in [0.15, 0.2) is 5.82 Å². The molecule has 5 heterocycles. The fourth-order valence-electron chi connectivity index (χ4n) is 4.65. The second-order valence-corrected chi connectivity index (χ2v) is 9.10. The van der Waals surface area contributed by atoms with Crippen LogP contribution in [0, 0.1) is 17.1 Å². The maximum atomic E-state index is 14.0. The van der Waals surface area contributed by atoms with Crippen LogP contribution < -0.4 is 10.2 Å². The predicted octanol–water partition coefficient (Wildman–Crippen LogP) is 2.00. The maximum absolute atomic E-state index is 14.0. The molecule has 0 saturated carbocycles. The summed E-state index contributed by atoms with van der Waals surface area (Å²) in [5.41, 5.74) is 1.22. The molecule has 5 rings (SSSR count). The molecule has 11 heteroatoms. The molecule has 0 spiro atoms. The van der Waals surface area contributed by atoms with Gasteiger partial charge in [0, 0.05) is 57.6 Å². The molecule has 1 amide bonds. The Hall–Kier alpha value is -3.78. The molecule has 10 nitrogen and oxygen atoms in total. The highest BCUT2D eigenvalue weighted by Crippen LogP contribution is 2.26. The molecule has 2 saturated heterocycles. The van der Waals surface area contributed by atoms with Crippen molar-refractivity contribution in [3.63, 3.8) is 0 Å². The molecule has 1 N–H and O–H groups in total.